The summed E-state index contributed by atoms with van der Waals surface area (Å²) in [5.41, 5.74) is 3.98. The summed E-state index contributed by atoms with van der Waals surface area (Å²) in [5, 5.41) is -0.387. The van der Waals surface area contributed by atoms with E-state index in [2.05, 4.69) is 15.9 Å². The SMILES string of the molecule is COc1cc(F)c(Br)cc1C(Cl)c1cc(C)ccc1C. The highest BCUT2D eigenvalue weighted by Crippen LogP contribution is 2.39. The number of alkyl halides is 1. The topological polar surface area (TPSA) is 9.23 Å². The van der Waals surface area contributed by atoms with E-state index in [1.54, 1.807) is 6.07 Å². The highest BCUT2D eigenvalue weighted by Gasteiger charge is 2.19. The van der Waals surface area contributed by atoms with Crippen LogP contribution in [-0.2, 0) is 0 Å². The molecule has 0 radical (unpaired) electrons. The highest BCUT2D eigenvalue weighted by atomic mass is 79.9. The van der Waals surface area contributed by atoms with Gasteiger partial charge < -0.3 is 4.74 Å². The van der Waals surface area contributed by atoms with Crippen molar-refractivity contribution >= 4 is 27.5 Å². The lowest BCUT2D eigenvalue weighted by Gasteiger charge is -2.17. The zero-order chi connectivity index (χ0) is 14.9. The first-order valence-electron chi connectivity index (χ1n) is 6.18. The van der Waals surface area contributed by atoms with Crippen LogP contribution in [0.2, 0.25) is 0 Å². The number of hydrogen-bond donors (Lipinski definition) is 0. The molecule has 0 aromatic heterocycles. The molecule has 0 aliphatic heterocycles. The molecule has 2 rings (SSSR count). The summed E-state index contributed by atoms with van der Waals surface area (Å²) in [4.78, 5) is 0. The van der Waals surface area contributed by atoms with Crippen LogP contribution in [0.1, 0.15) is 27.6 Å². The summed E-state index contributed by atoms with van der Waals surface area (Å²) < 4.78 is 19.2. The summed E-state index contributed by atoms with van der Waals surface area (Å²) in [5.74, 6) is 0.0852. The molecule has 0 bridgehead atoms. The van der Waals surface area contributed by atoms with E-state index < -0.39 is 0 Å². The molecule has 1 atom stereocenters. The summed E-state index contributed by atoms with van der Waals surface area (Å²) in [6, 6.07) is 9.14. The average molecular weight is 358 g/mol. The predicted molar refractivity (Wildman–Crippen MR) is 84.3 cm³/mol. The van der Waals surface area contributed by atoms with Crippen molar-refractivity contribution in [3.8, 4) is 5.75 Å². The second-order valence-electron chi connectivity index (χ2n) is 4.73. The van der Waals surface area contributed by atoms with E-state index in [4.69, 9.17) is 16.3 Å². The molecule has 0 N–H and O–H groups in total. The molecule has 2 aromatic rings. The van der Waals surface area contributed by atoms with Gasteiger partial charge in [-0.25, -0.2) is 4.39 Å². The minimum absolute atomic E-state index is 0.365. The molecule has 0 aliphatic carbocycles. The second kappa shape index (κ2) is 6.15. The van der Waals surface area contributed by atoms with Gasteiger partial charge >= 0.3 is 0 Å². The molecule has 0 saturated carbocycles. The Morgan fingerprint density at radius 1 is 1.15 bits per heavy atom. The normalized spacial score (nSPS) is 12.3. The summed E-state index contributed by atoms with van der Waals surface area (Å²) in [6.45, 7) is 4.03. The summed E-state index contributed by atoms with van der Waals surface area (Å²) in [7, 11) is 1.51. The molecule has 2 aromatic carbocycles. The Morgan fingerprint density at radius 2 is 1.85 bits per heavy atom. The summed E-state index contributed by atoms with van der Waals surface area (Å²) in [6.07, 6.45) is 0. The molecule has 0 fully saturated rings. The fourth-order valence-corrected chi connectivity index (χ4v) is 2.89. The zero-order valence-electron chi connectivity index (χ0n) is 11.5. The van der Waals surface area contributed by atoms with Gasteiger partial charge in [0, 0.05) is 11.6 Å². The monoisotopic (exact) mass is 356 g/mol. The third kappa shape index (κ3) is 2.99. The van der Waals surface area contributed by atoms with E-state index >= 15 is 0 Å². The second-order valence-corrected chi connectivity index (χ2v) is 6.02. The van der Waals surface area contributed by atoms with Crippen molar-refractivity contribution in [3.63, 3.8) is 0 Å². The van der Waals surface area contributed by atoms with Crippen LogP contribution in [0.15, 0.2) is 34.8 Å². The van der Waals surface area contributed by atoms with Crippen LogP contribution in [0.25, 0.3) is 0 Å². The first-order chi connectivity index (χ1) is 9.43. The Labute approximate surface area is 131 Å². The van der Waals surface area contributed by atoms with Gasteiger partial charge in [-0.15, -0.1) is 11.6 Å². The quantitative estimate of drug-likeness (QED) is 0.655. The number of ether oxygens (including phenoxy) is 1. The van der Waals surface area contributed by atoms with Gasteiger partial charge in [-0.2, -0.15) is 0 Å². The molecule has 0 spiro atoms. The van der Waals surface area contributed by atoms with E-state index in [1.165, 1.54) is 13.2 Å². The fraction of sp³-hybridized carbons (Fsp3) is 0.250. The van der Waals surface area contributed by atoms with E-state index in [0.717, 1.165) is 22.3 Å². The molecule has 1 unspecified atom stereocenters. The molecule has 0 saturated heterocycles. The Bertz CT molecular complexity index is 643. The van der Waals surface area contributed by atoms with Crippen LogP contribution < -0.4 is 4.74 Å². The number of benzene rings is 2. The zero-order valence-corrected chi connectivity index (χ0v) is 13.8. The molecule has 1 nitrogen and oxygen atoms in total. The smallest absolute Gasteiger partial charge is 0.141 e. The summed E-state index contributed by atoms with van der Waals surface area (Å²) >= 11 is 9.79. The minimum Gasteiger partial charge on any atom is -0.496 e. The van der Waals surface area contributed by atoms with Crippen LogP contribution in [0.3, 0.4) is 0 Å². The molecule has 4 heteroatoms. The number of methoxy groups -OCH3 is 1. The van der Waals surface area contributed by atoms with Gasteiger partial charge in [-0.3, -0.25) is 0 Å². The van der Waals surface area contributed by atoms with Crippen LogP contribution >= 0.6 is 27.5 Å². The van der Waals surface area contributed by atoms with Gasteiger partial charge in [0.2, 0.25) is 0 Å². The Hall–Kier alpha value is -1.06. The van der Waals surface area contributed by atoms with Gasteiger partial charge in [0.1, 0.15) is 11.6 Å². The van der Waals surface area contributed by atoms with E-state index in [9.17, 15) is 4.39 Å². The van der Waals surface area contributed by atoms with Crippen molar-refractivity contribution in [2.24, 2.45) is 0 Å². The lowest BCUT2D eigenvalue weighted by Crippen LogP contribution is -2.01. The highest BCUT2D eigenvalue weighted by molar-refractivity contribution is 9.10. The largest absolute Gasteiger partial charge is 0.496 e. The maximum absolute atomic E-state index is 13.6. The first-order valence-corrected chi connectivity index (χ1v) is 7.41. The standard InChI is InChI=1S/C16H15BrClFO/c1-9-4-5-10(2)11(6-9)16(18)12-7-13(17)14(19)8-15(12)20-3/h4-8,16H,1-3H3. The number of aryl methyl sites for hydroxylation is 2. The van der Waals surface area contributed by atoms with Gasteiger partial charge in [-0.05, 0) is 47.0 Å². The molecule has 0 aliphatic rings. The first kappa shape index (κ1) is 15.3. The van der Waals surface area contributed by atoms with E-state index in [1.807, 2.05) is 32.0 Å². The van der Waals surface area contributed by atoms with Crippen molar-refractivity contribution in [1.82, 2.24) is 0 Å². The lowest BCUT2D eigenvalue weighted by molar-refractivity contribution is 0.406. The van der Waals surface area contributed by atoms with E-state index in [0.29, 0.717) is 10.2 Å². The Balaban J connectivity index is 2.55. The van der Waals surface area contributed by atoms with Gasteiger partial charge in [-0.1, -0.05) is 23.8 Å². The minimum atomic E-state index is -0.387. The third-order valence-electron chi connectivity index (χ3n) is 3.25. The van der Waals surface area contributed by atoms with Crippen LogP contribution in [0.4, 0.5) is 4.39 Å². The van der Waals surface area contributed by atoms with Crippen molar-refractivity contribution < 1.29 is 9.13 Å². The molecule has 0 heterocycles. The van der Waals surface area contributed by atoms with Crippen LogP contribution in [0, 0.1) is 19.7 Å². The number of halogens is 3. The van der Waals surface area contributed by atoms with Crippen molar-refractivity contribution in [3.05, 3.63) is 62.9 Å². The maximum atomic E-state index is 13.6. The molecule has 106 valence electrons. The Morgan fingerprint density at radius 3 is 2.50 bits per heavy atom. The maximum Gasteiger partial charge on any atom is 0.141 e. The molecular weight excluding hydrogens is 343 g/mol. The number of hydrogen-bond acceptors (Lipinski definition) is 1. The third-order valence-corrected chi connectivity index (χ3v) is 4.33. The van der Waals surface area contributed by atoms with Crippen LogP contribution in [0.5, 0.6) is 5.75 Å². The van der Waals surface area contributed by atoms with Gasteiger partial charge in [0.25, 0.3) is 0 Å². The molecular formula is C16H15BrClFO. The Kier molecular flexibility index (Phi) is 4.71. The average Bonchev–Trinajstić information content (AvgIpc) is 2.43. The molecule has 0 amide bonds. The van der Waals surface area contributed by atoms with Gasteiger partial charge in [0.05, 0.1) is 17.0 Å². The lowest BCUT2D eigenvalue weighted by atomic mass is 9.97. The number of rotatable bonds is 3. The van der Waals surface area contributed by atoms with E-state index in [-0.39, 0.29) is 11.2 Å². The van der Waals surface area contributed by atoms with Crippen molar-refractivity contribution in [1.29, 1.82) is 0 Å². The van der Waals surface area contributed by atoms with Crippen molar-refractivity contribution in [2.75, 3.05) is 7.11 Å². The van der Waals surface area contributed by atoms with Crippen molar-refractivity contribution in [2.45, 2.75) is 19.2 Å². The fourth-order valence-electron chi connectivity index (χ4n) is 2.12. The van der Waals surface area contributed by atoms with Gasteiger partial charge in [0.15, 0.2) is 0 Å². The predicted octanol–water partition coefficient (Wildman–Crippen LogP) is 5.54. The van der Waals surface area contributed by atoms with Crippen LogP contribution in [-0.4, -0.2) is 7.11 Å². The molecule has 20 heavy (non-hydrogen) atoms.